The molecule has 2 aliphatic rings. The molecule has 21 heavy (non-hydrogen) atoms. The van der Waals surface area contributed by atoms with Gasteiger partial charge in [0.25, 0.3) is 0 Å². The van der Waals surface area contributed by atoms with Crippen molar-refractivity contribution >= 4 is 11.9 Å². The number of hydrogen-bond donors (Lipinski definition) is 3. The highest BCUT2D eigenvalue weighted by molar-refractivity contribution is 5.97. The molecule has 0 aromatic carbocycles. The van der Waals surface area contributed by atoms with Gasteiger partial charge in [-0.15, -0.1) is 0 Å². The summed E-state index contributed by atoms with van der Waals surface area (Å²) in [5.74, 6) is 1.41. The first-order chi connectivity index (χ1) is 10.1. The lowest BCUT2D eigenvalue weighted by Gasteiger charge is -2.31. The number of guanidine groups is 2. The predicted molar refractivity (Wildman–Crippen MR) is 85.6 cm³/mol. The highest BCUT2D eigenvalue weighted by Gasteiger charge is 2.36. The van der Waals surface area contributed by atoms with Gasteiger partial charge in [-0.3, -0.25) is 0 Å². The van der Waals surface area contributed by atoms with Gasteiger partial charge in [-0.1, -0.05) is 18.7 Å². The maximum Gasteiger partial charge on any atom is 0.220 e. The van der Waals surface area contributed by atoms with Crippen LogP contribution in [-0.4, -0.2) is 24.7 Å². The minimum atomic E-state index is -0.311. The zero-order chi connectivity index (χ0) is 15.3. The summed E-state index contributed by atoms with van der Waals surface area (Å²) >= 11 is 0. The molecular weight excluding hydrogens is 266 g/mol. The summed E-state index contributed by atoms with van der Waals surface area (Å²) in [4.78, 5) is 8.69. The highest BCUT2D eigenvalue weighted by Crippen LogP contribution is 2.32. The van der Waals surface area contributed by atoms with E-state index < -0.39 is 0 Å². The number of nitrogens with one attached hydrogen (secondary N) is 2. The van der Waals surface area contributed by atoms with Crippen molar-refractivity contribution in [2.24, 2.45) is 15.7 Å². The number of ether oxygens (including phenoxy) is 1. The minimum Gasteiger partial charge on any atom is -0.495 e. The second-order valence-corrected chi connectivity index (χ2v) is 5.15. The lowest BCUT2D eigenvalue weighted by atomic mass is 10.1. The molecule has 0 bridgehead atoms. The number of rotatable bonds is 4. The maximum atomic E-state index is 5.86. The molecule has 114 valence electrons. The van der Waals surface area contributed by atoms with Crippen LogP contribution in [0.3, 0.4) is 0 Å². The molecule has 0 unspecified atom stereocenters. The molecule has 0 radical (unpaired) electrons. The van der Waals surface area contributed by atoms with Crippen molar-refractivity contribution in [3.05, 3.63) is 36.3 Å². The van der Waals surface area contributed by atoms with Gasteiger partial charge in [-0.25, -0.2) is 4.99 Å². The van der Waals surface area contributed by atoms with Crippen molar-refractivity contribution in [1.82, 2.24) is 10.6 Å². The fourth-order valence-corrected chi connectivity index (χ4v) is 2.53. The standard InChI is InChI=1S/C15H23N5O/c1-4-5-8-12(11(2)21-3)17-14-18-13(16)19-15(20-14)9-6-7-10-15/h4-5,8H,2,6-7,9-10H2,1,3H3,(H4,16,17,18,19,20)/b5-4-,12-8+. The minimum absolute atomic E-state index is 0.298. The third kappa shape index (κ3) is 3.65. The summed E-state index contributed by atoms with van der Waals surface area (Å²) < 4.78 is 5.19. The Kier molecular flexibility index (Phi) is 4.67. The van der Waals surface area contributed by atoms with E-state index in [1.54, 1.807) is 7.11 Å². The van der Waals surface area contributed by atoms with Gasteiger partial charge in [0, 0.05) is 0 Å². The smallest absolute Gasteiger partial charge is 0.220 e. The first kappa shape index (κ1) is 15.2. The van der Waals surface area contributed by atoms with Gasteiger partial charge in [0.15, 0.2) is 0 Å². The number of hydrogen-bond acceptors (Lipinski definition) is 6. The first-order valence-corrected chi connectivity index (χ1v) is 7.14. The van der Waals surface area contributed by atoms with Crippen LogP contribution in [0.1, 0.15) is 32.6 Å². The van der Waals surface area contributed by atoms with E-state index in [1.165, 1.54) is 0 Å². The van der Waals surface area contributed by atoms with E-state index in [1.807, 2.05) is 25.2 Å². The number of allylic oxidation sites excluding steroid dienone is 3. The molecule has 1 spiro atoms. The molecule has 2 rings (SSSR count). The summed E-state index contributed by atoms with van der Waals surface area (Å²) in [6.07, 6.45) is 9.92. The van der Waals surface area contributed by atoms with Gasteiger partial charge in [0.05, 0.1) is 12.8 Å². The lowest BCUT2D eigenvalue weighted by Crippen LogP contribution is -2.54. The Morgan fingerprint density at radius 2 is 2.19 bits per heavy atom. The monoisotopic (exact) mass is 289 g/mol. The van der Waals surface area contributed by atoms with Crippen molar-refractivity contribution in [3.63, 3.8) is 0 Å². The molecule has 1 heterocycles. The Morgan fingerprint density at radius 3 is 2.81 bits per heavy atom. The van der Waals surface area contributed by atoms with Crippen LogP contribution in [0.2, 0.25) is 0 Å². The molecule has 0 amide bonds. The number of methoxy groups -OCH3 is 1. The highest BCUT2D eigenvalue weighted by atomic mass is 16.5. The Hall–Kier alpha value is -2.24. The Bertz CT molecular complexity index is 524. The lowest BCUT2D eigenvalue weighted by molar-refractivity contribution is 0.299. The van der Waals surface area contributed by atoms with E-state index in [0.29, 0.717) is 17.7 Å². The third-order valence-electron chi connectivity index (χ3n) is 3.59. The molecule has 0 aromatic rings. The maximum absolute atomic E-state index is 5.86. The van der Waals surface area contributed by atoms with Crippen LogP contribution < -0.4 is 16.4 Å². The van der Waals surface area contributed by atoms with E-state index in [2.05, 4.69) is 27.2 Å². The van der Waals surface area contributed by atoms with Gasteiger partial charge in [-0.2, -0.15) is 4.99 Å². The SMILES string of the molecule is C=C(OC)/C(=C\C=C/C)NC1=NC(N)=NC2(CCCC2)N1. The fourth-order valence-electron chi connectivity index (χ4n) is 2.53. The molecule has 1 aliphatic heterocycles. The second-order valence-electron chi connectivity index (χ2n) is 5.15. The molecular formula is C15H23N5O. The fraction of sp³-hybridized carbons (Fsp3) is 0.467. The first-order valence-electron chi connectivity index (χ1n) is 7.14. The van der Waals surface area contributed by atoms with Gasteiger partial charge >= 0.3 is 0 Å². The molecule has 6 nitrogen and oxygen atoms in total. The van der Waals surface area contributed by atoms with Crippen LogP contribution in [-0.2, 0) is 4.74 Å². The van der Waals surface area contributed by atoms with E-state index >= 15 is 0 Å². The van der Waals surface area contributed by atoms with Crippen molar-refractivity contribution in [3.8, 4) is 0 Å². The van der Waals surface area contributed by atoms with E-state index in [9.17, 15) is 0 Å². The van der Waals surface area contributed by atoms with Gasteiger partial charge < -0.3 is 21.1 Å². The zero-order valence-electron chi connectivity index (χ0n) is 12.6. The topological polar surface area (TPSA) is 84.0 Å². The Morgan fingerprint density at radius 1 is 1.48 bits per heavy atom. The molecule has 1 aliphatic carbocycles. The molecule has 1 saturated carbocycles. The quantitative estimate of drug-likeness (QED) is 0.544. The summed E-state index contributed by atoms with van der Waals surface area (Å²) in [6, 6.07) is 0. The van der Waals surface area contributed by atoms with Gasteiger partial charge in [-0.05, 0) is 38.7 Å². The van der Waals surface area contributed by atoms with Crippen LogP contribution in [0.15, 0.2) is 46.2 Å². The summed E-state index contributed by atoms with van der Waals surface area (Å²) in [5.41, 5.74) is 6.27. The van der Waals surface area contributed by atoms with Crippen molar-refractivity contribution in [2.45, 2.75) is 38.3 Å². The largest absolute Gasteiger partial charge is 0.495 e. The van der Waals surface area contributed by atoms with Gasteiger partial charge in [0.2, 0.25) is 11.9 Å². The molecule has 6 heteroatoms. The molecule has 0 saturated heterocycles. The third-order valence-corrected chi connectivity index (χ3v) is 3.59. The zero-order valence-corrected chi connectivity index (χ0v) is 12.6. The van der Waals surface area contributed by atoms with Crippen molar-refractivity contribution in [1.29, 1.82) is 0 Å². The van der Waals surface area contributed by atoms with Crippen LogP contribution >= 0.6 is 0 Å². The number of nitrogens with two attached hydrogens (primary N) is 1. The predicted octanol–water partition coefficient (Wildman–Crippen LogP) is 1.74. The Labute approximate surface area is 125 Å². The molecule has 4 N–H and O–H groups in total. The summed E-state index contributed by atoms with van der Waals surface area (Å²) in [5, 5.41) is 6.54. The number of nitrogens with zero attached hydrogens (tertiary/aromatic N) is 2. The van der Waals surface area contributed by atoms with Crippen LogP contribution in [0, 0.1) is 0 Å². The summed E-state index contributed by atoms with van der Waals surface area (Å²) in [6.45, 7) is 5.81. The average molecular weight is 289 g/mol. The average Bonchev–Trinajstić information content (AvgIpc) is 2.89. The molecule has 0 aromatic heterocycles. The molecule has 0 atom stereocenters. The van der Waals surface area contributed by atoms with E-state index in [0.717, 1.165) is 31.4 Å². The Balaban J connectivity index is 2.17. The normalized spacial score (nSPS) is 21.0. The van der Waals surface area contributed by atoms with Crippen LogP contribution in [0.5, 0.6) is 0 Å². The molecule has 1 fully saturated rings. The van der Waals surface area contributed by atoms with Crippen LogP contribution in [0.4, 0.5) is 0 Å². The van der Waals surface area contributed by atoms with Gasteiger partial charge in [0.1, 0.15) is 11.4 Å². The summed E-state index contributed by atoms with van der Waals surface area (Å²) in [7, 11) is 1.58. The van der Waals surface area contributed by atoms with Crippen molar-refractivity contribution < 1.29 is 4.74 Å². The second kappa shape index (κ2) is 6.47. The van der Waals surface area contributed by atoms with E-state index in [-0.39, 0.29) is 5.66 Å². The van der Waals surface area contributed by atoms with E-state index in [4.69, 9.17) is 10.5 Å². The number of aliphatic imine (C=N–C) groups is 2. The van der Waals surface area contributed by atoms with Crippen molar-refractivity contribution in [2.75, 3.05) is 7.11 Å². The van der Waals surface area contributed by atoms with Crippen LogP contribution in [0.25, 0.3) is 0 Å².